The summed E-state index contributed by atoms with van der Waals surface area (Å²) in [5.74, 6) is 2.01. The third-order valence-electron chi connectivity index (χ3n) is 5.96. The minimum atomic E-state index is 0.0355. The van der Waals surface area contributed by atoms with Crippen molar-refractivity contribution in [3.05, 3.63) is 22.7 Å². The highest BCUT2D eigenvalue weighted by atomic mass is 35.5. The summed E-state index contributed by atoms with van der Waals surface area (Å²) < 4.78 is 11.2. The second-order valence-corrected chi connectivity index (χ2v) is 8.34. The minimum Gasteiger partial charge on any atom is -0.486 e. The highest BCUT2D eigenvalue weighted by molar-refractivity contribution is 6.32. The number of rotatable bonds is 3. The van der Waals surface area contributed by atoms with Crippen LogP contribution >= 0.6 is 11.6 Å². The average molecular weight is 393 g/mol. The molecule has 1 saturated heterocycles. The Morgan fingerprint density at radius 1 is 1.00 bits per heavy atom. The van der Waals surface area contributed by atoms with Crippen LogP contribution < -0.4 is 9.47 Å². The Kier molecular flexibility index (Phi) is 6.08. The highest BCUT2D eigenvalue weighted by Crippen LogP contribution is 2.38. The van der Waals surface area contributed by atoms with Crippen molar-refractivity contribution < 1.29 is 14.3 Å². The number of hydrogen-bond acceptors (Lipinski definition) is 4. The summed E-state index contributed by atoms with van der Waals surface area (Å²) in [7, 11) is 0. The maximum Gasteiger partial charge on any atom is 0.254 e. The lowest BCUT2D eigenvalue weighted by molar-refractivity contribution is 0.0758. The predicted molar refractivity (Wildman–Crippen MR) is 106 cm³/mol. The third-order valence-corrected chi connectivity index (χ3v) is 6.24. The molecule has 1 aromatic carbocycles. The summed E-state index contributed by atoms with van der Waals surface area (Å²) in [4.78, 5) is 17.6. The van der Waals surface area contributed by atoms with Crippen LogP contribution in [0.4, 0.5) is 0 Å². The fourth-order valence-electron chi connectivity index (χ4n) is 4.51. The van der Waals surface area contributed by atoms with Gasteiger partial charge in [-0.3, -0.25) is 4.79 Å². The summed E-state index contributed by atoms with van der Waals surface area (Å²) >= 11 is 6.31. The molecule has 148 valence electrons. The number of ether oxygens (including phenoxy) is 2. The van der Waals surface area contributed by atoms with Crippen LogP contribution in [0.3, 0.4) is 0 Å². The summed E-state index contributed by atoms with van der Waals surface area (Å²) in [6.45, 7) is 5.79. The van der Waals surface area contributed by atoms with E-state index >= 15 is 0 Å². The van der Waals surface area contributed by atoms with Crippen LogP contribution in [0.25, 0.3) is 0 Å². The summed E-state index contributed by atoms with van der Waals surface area (Å²) in [6, 6.07) is 3.48. The molecule has 0 aromatic heterocycles. The number of hydrogen-bond donors (Lipinski definition) is 0. The summed E-state index contributed by atoms with van der Waals surface area (Å²) in [6.07, 6.45) is 7.93. The first-order chi connectivity index (χ1) is 13.2. The number of fused-ring (bicyclic) bond motifs is 1. The van der Waals surface area contributed by atoms with Gasteiger partial charge in [0.25, 0.3) is 5.91 Å². The van der Waals surface area contributed by atoms with Gasteiger partial charge in [-0.2, -0.15) is 0 Å². The Labute approximate surface area is 166 Å². The number of carbonyl (C=O) groups is 1. The molecule has 0 spiro atoms. The van der Waals surface area contributed by atoms with E-state index in [1.165, 1.54) is 38.6 Å². The number of amides is 1. The van der Waals surface area contributed by atoms with Crippen LogP contribution in [0.15, 0.2) is 12.1 Å². The van der Waals surface area contributed by atoms with E-state index in [9.17, 15) is 4.79 Å². The average Bonchev–Trinajstić information content (AvgIpc) is 2.94. The van der Waals surface area contributed by atoms with Gasteiger partial charge >= 0.3 is 0 Å². The molecule has 27 heavy (non-hydrogen) atoms. The van der Waals surface area contributed by atoms with E-state index in [4.69, 9.17) is 21.1 Å². The summed E-state index contributed by atoms with van der Waals surface area (Å²) in [5, 5.41) is 0.448. The van der Waals surface area contributed by atoms with Gasteiger partial charge in [0.05, 0.1) is 5.02 Å². The topological polar surface area (TPSA) is 42.0 Å². The first-order valence-electron chi connectivity index (χ1n) is 10.3. The number of benzene rings is 1. The van der Waals surface area contributed by atoms with Gasteiger partial charge < -0.3 is 19.3 Å². The van der Waals surface area contributed by atoms with E-state index in [0.717, 1.165) is 38.5 Å². The van der Waals surface area contributed by atoms with E-state index in [1.54, 1.807) is 12.1 Å². The van der Waals surface area contributed by atoms with Crippen LogP contribution in [-0.4, -0.2) is 61.6 Å². The second kappa shape index (κ2) is 8.70. The van der Waals surface area contributed by atoms with E-state index in [2.05, 4.69) is 4.90 Å². The van der Waals surface area contributed by atoms with Gasteiger partial charge in [0.2, 0.25) is 0 Å². The smallest absolute Gasteiger partial charge is 0.254 e. The zero-order valence-electron chi connectivity index (χ0n) is 15.9. The zero-order chi connectivity index (χ0) is 18.6. The van der Waals surface area contributed by atoms with E-state index < -0.39 is 0 Å². The molecule has 2 aliphatic heterocycles. The lowest BCUT2D eigenvalue weighted by Crippen LogP contribution is -2.37. The Balaban J connectivity index is 1.38. The fourth-order valence-corrected chi connectivity index (χ4v) is 4.77. The molecular weight excluding hydrogens is 364 g/mol. The first-order valence-corrected chi connectivity index (χ1v) is 10.7. The quantitative estimate of drug-likeness (QED) is 0.783. The highest BCUT2D eigenvalue weighted by Gasteiger charge is 2.25. The van der Waals surface area contributed by atoms with Crippen LogP contribution in [0.5, 0.6) is 11.5 Å². The van der Waals surface area contributed by atoms with Crippen molar-refractivity contribution >= 4 is 17.5 Å². The molecule has 1 amide bonds. The molecule has 6 heteroatoms. The molecule has 0 radical (unpaired) electrons. The lowest BCUT2D eigenvalue weighted by atomic mass is 9.89. The van der Waals surface area contributed by atoms with E-state index in [0.29, 0.717) is 35.3 Å². The Bertz CT molecular complexity index is 676. The van der Waals surface area contributed by atoms with Crippen molar-refractivity contribution in [3.8, 4) is 11.5 Å². The Morgan fingerprint density at radius 3 is 2.67 bits per heavy atom. The van der Waals surface area contributed by atoms with Gasteiger partial charge in [0.1, 0.15) is 13.2 Å². The van der Waals surface area contributed by atoms with Crippen molar-refractivity contribution in [2.75, 3.05) is 45.9 Å². The van der Waals surface area contributed by atoms with Gasteiger partial charge in [0.15, 0.2) is 11.5 Å². The molecule has 0 atom stereocenters. The van der Waals surface area contributed by atoms with Crippen molar-refractivity contribution in [1.29, 1.82) is 0 Å². The molecule has 5 nitrogen and oxygen atoms in total. The fraction of sp³-hybridized carbons (Fsp3) is 0.667. The molecule has 1 saturated carbocycles. The minimum absolute atomic E-state index is 0.0355. The van der Waals surface area contributed by atoms with E-state index in [-0.39, 0.29) is 5.91 Å². The number of carbonyl (C=O) groups excluding carboxylic acids is 1. The largest absolute Gasteiger partial charge is 0.486 e. The van der Waals surface area contributed by atoms with Gasteiger partial charge in [-0.15, -0.1) is 0 Å². The number of nitrogens with zero attached hydrogens (tertiary/aromatic N) is 2. The van der Waals surface area contributed by atoms with E-state index in [1.807, 2.05) is 4.90 Å². The maximum atomic E-state index is 13.0. The molecule has 0 bridgehead atoms. The SMILES string of the molecule is O=C(c1cc(Cl)c2c(c1)OCCO2)N1CCCN(CC2CCCCC2)CC1. The molecule has 4 rings (SSSR count). The van der Waals surface area contributed by atoms with Crippen molar-refractivity contribution in [2.24, 2.45) is 5.92 Å². The molecule has 1 aromatic rings. The molecule has 0 N–H and O–H groups in total. The Morgan fingerprint density at radius 2 is 1.81 bits per heavy atom. The second-order valence-electron chi connectivity index (χ2n) is 7.93. The Hall–Kier alpha value is -1.46. The van der Waals surface area contributed by atoms with Gasteiger partial charge in [-0.05, 0) is 43.9 Å². The van der Waals surface area contributed by atoms with Gasteiger partial charge in [0, 0.05) is 31.7 Å². The normalized spacial score (nSPS) is 21.7. The van der Waals surface area contributed by atoms with Crippen LogP contribution in [0, 0.1) is 5.92 Å². The van der Waals surface area contributed by atoms with Crippen LogP contribution in [0.2, 0.25) is 5.02 Å². The zero-order valence-corrected chi connectivity index (χ0v) is 16.7. The van der Waals surface area contributed by atoms with Crippen LogP contribution in [-0.2, 0) is 0 Å². The molecule has 3 aliphatic rings. The predicted octanol–water partition coefficient (Wildman–Crippen LogP) is 3.84. The standard InChI is InChI=1S/C21H29ClN2O3/c22-18-13-17(14-19-20(18)27-12-11-26-19)21(25)24-8-4-7-23(9-10-24)15-16-5-2-1-3-6-16/h13-14,16H,1-12,15H2. The third kappa shape index (κ3) is 4.52. The first kappa shape index (κ1) is 18.9. The van der Waals surface area contributed by atoms with Crippen molar-refractivity contribution in [2.45, 2.75) is 38.5 Å². The van der Waals surface area contributed by atoms with Crippen LogP contribution in [0.1, 0.15) is 48.9 Å². The van der Waals surface area contributed by atoms with Gasteiger partial charge in [-0.1, -0.05) is 30.9 Å². The van der Waals surface area contributed by atoms with Gasteiger partial charge in [-0.25, -0.2) is 0 Å². The monoisotopic (exact) mass is 392 g/mol. The molecule has 2 fully saturated rings. The molecule has 1 aliphatic carbocycles. The summed E-state index contributed by atoms with van der Waals surface area (Å²) in [5.41, 5.74) is 0.588. The van der Waals surface area contributed by atoms with Crippen molar-refractivity contribution in [1.82, 2.24) is 9.80 Å². The number of halogens is 1. The molecule has 0 unspecified atom stereocenters. The van der Waals surface area contributed by atoms with Crippen molar-refractivity contribution in [3.63, 3.8) is 0 Å². The maximum absolute atomic E-state index is 13.0. The molecule has 2 heterocycles. The molecular formula is C21H29ClN2O3. The lowest BCUT2D eigenvalue weighted by Gasteiger charge is -2.29.